The standard InChI is InChI=1S/C40H45FN2O11/c1-17-9-8-10-18(2)39(50)43-32-35(48)29-28(31-37(32)53-27-15-22(41)11-12-23(27)42-31)30-36(21(5)34(29)47)54-40(6,38(30)49)52-14-13-26(51-7)20(4)33(46)19(3)25(45)16-24(17)44/h8-15,17,19-20,24-26,33,38,44-47,49H,16H2,1-7H3,(H,43,50)/b9-8+,14-13+,18-10-/t17-,19+,20+,24+,25+,26-,33-,38?,40-/m0/s1. The van der Waals surface area contributed by atoms with Gasteiger partial charge in [0.2, 0.25) is 5.43 Å². The first-order chi connectivity index (χ1) is 25.5. The summed E-state index contributed by atoms with van der Waals surface area (Å²) in [5, 5.41) is 58.9. The van der Waals surface area contributed by atoms with Gasteiger partial charge < -0.3 is 49.5 Å². The number of aliphatic hydroxyl groups is 4. The van der Waals surface area contributed by atoms with E-state index in [1.54, 1.807) is 32.9 Å². The van der Waals surface area contributed by atoms with Crippen LogP contribution in [0.3, 0.4) is 0 Å². The van der Waals surface area contributed by atoms with E-state index in [9.17, 15) is 39.5 Å². The first-order valence-electron chi connectivity index (χ1n) is 17.7. The third kappa shape index (κ3) is 6.73. The Labute approximate surface area is 310 Å². The van der Waals surface area contributed by atoms with Gasteiger partial charge in [0.25, 0.3) is 11.7 Å². The summed E-state index contributed by atoms with van der Waals surface area (Å²) in [5.41, 5.74) is -0.841. The van der Waals surface area contributed by atoms with E-state index in [0.717, 1.165) is 6.07 Å². The molecule has 3 heterocycles. The van der Waals surface area contributed by atoms with Gasteiger partial charge in [-0.15, -0.1) is 0 Å². The minimum atomic E-state index is -1.83. The summed E-state index contributed by atoms with van der Waals surface area (Å²) in [6.07, 6.45) is 1.91. The number of hydrogen-bond donors (Lipinski definition) is 6. The molecule has 2 aromatic carbocycles. The zero-order valence-electron chi connectivity index (χ0n) is 31.0. The Balaban J connectivity index is 1.58. The van der Waals surface area contributed by atoms with Crippen LogP contribution in [0.2, 0.25) is 0 Å². The fourth-order valence-electron chi connectivity index (χ4n) is 7.09. The highest BCUT2D eigenvalue weighted by Gasteiger charge is 2.50. The number of ether oxygens (including phenoxy) is 3. The highest BCUT2D eigenvalue weighted by atomic mass is 19.1. The molecule has 6 rings (SSSR count). The number of rotatable bonds is 1. The zero-order chi connectivity index (χ0) is 39.4. The maximum absolute atomic E-state index is 14.4. The number of carbonyl (C=O) groups is 1. The summed E-state index contributed by atoms with van der Waals surface area (Å²) in [4.78, 5) is 32.7. The molecule has 1 unspecified atom stereocenters. The molecule has 0 fully saturated rings. The number of hydrogen-bond acceptors (Lipinski definition) is 12. The number of fused-ring (bicyclic) bond motifs is 2. The predicted molar refractivity (Wildman–Crippen MR) is 197 cm³/mol. The van der Waals surface area contributed by atoms with E-state index in [0.29, 0.717) is 0 Å². The van der Waals surface area contributed by atoms with Gasteiger partial charge in [0, 0.05) is 66.4 Å². The topological polar surface area (TPSA) is 201 Å². The summed E-state index contributed by atoms with van der Waals surface area (Å²) < 4.78 is 38.3. The van der Waals surface area contributed by atoms with Gasteiger partial charge in [-0.25, -0.2) is 9.37 Å². The third-order valence-electron chi connectivity index (χ3n) is 10.8. The molecule has 9 atom stereocenters. The number of aromatic nitrogens is 1. The van der Waals surface area contributed by atoms with Gasteiger partial charge in [0.1, 0.15) is 34.2 Å². The average molecular weight is 749 g/mol. The number of nitrogens with one attached hydrogen (secondary N) is 1. The minimum Gasteiger partial charge on any atom is -0.507 e. The molecule has 0 radical (unpaired) electrons. The van der Waals surface area contributed by atoms with E-state index >= 15 is 0 Å². The number of allylic oxidation sites excluding steroid dienone is 2. The molecule has 0 saturated carbocycles. The Morgan fingerprint density at radius 1 is 1.02 bits per heavy atom. The van der Waals surface area contributed by atoms with Crippen molar-refractivity contribution in [2.24, 2.45) is 17.8 Å². The summed E-state index contributed by atoms with van der Waals surface area (Å²) in [5.74, 6) is -5.61. The Hall–Kier alpha value is -4.86. The lowest BCUT2D eigenvalue weighted by molar-refractivity contribution is -0.181. The molecule has 54 heavy (non-hydrogen) atoms. The Bertz CT molecular complexity index is 2230. The number of aromatic hydroxyl groups is 1. The number of amides is 1. The number of halogens is 1. The van der Waals surface area contributed by atoms with Crippen molar-refractivity contribution in [3.05, 3.63) is 81.5 Å². The molecule has 1 amide bonds. The first kappa shape index (κ1) is 38.9. The summed E-state index contributed by atoms with van der Waals surface area (Å²) >= 11 is 0. The molecule has 0 spiro atoms. The maximum Gasteiger partial charge on any atom is 0.277 e. The van der Waals surface area contributed by atoms with Crippen molar-refractivity contribution in [2.45, 2.75) is 84.3 Å². The van der Waals surface area contributed by atoms with Crippen LogP contribution in [0.4, 0.5) is 10.1 Å². The molecular formula is C40H45FN2O11. The Morgan fingerprint density at radius 2 is 1.74 bits per heavy atom. The second-order valence-electron chi connectivity index (χ2n) is 14.5. The van der Waals surface area contributed by atoms with E-state index in [1.165, 1.54) is 58.4 Å². The lowest BCUT2D eigenvalue weighted by Gasteiger charge is -2.33. The van der Waals surface area contributed by atoms with Crippen LogP contribution < -0.4 is 15.5 Å². The van der Waals surface area contributed by atoms with Crippen molar-refractivity contribution in [1.82, 2.24) is 4.98 Å². The van der Waals surface area contributed by atoms with Crippen LogP contribution in [0.5, 0.6) is 11.5 Å². The largest absolute Gasteiger partial charge is 0.507 e. The average Bonchev–Trinajstić information content (AvgIpc) is 3.40. The highest BCUT2D eigenvalue weighted by Crippen LogP contribution is 2.54. The van der Waals surface area contributed by atoms with E-state index < -0.39 is 77.0 Å². The van der Waals surface area contributed by atoms with Crippen LogP contribution in [0.25, 0.3) is 33.3 Å². The highest BCUT2D eigenvalue weighted by molar-refractivity contribution is 6.12. The summed E-state index contributed by atoms with van der Waals surface area (Å²) in [6.45, 7) is 9.58. The van der Waals surface area contributed by atoms with Gasteiger partial charge in [-0.05, 0) is 32.1 Å². The van der Waals surface area contributed by atoms with Crippen molar-refractivity contribution in [2.75, 3.05) is 12.4 Å². The van der Waals surface area contributed by atoms with E-state index in [2.05, 4.69) is 10.3 Å². The molecular weight excluding hydrogens is 703 g/mol. The lowest BCUT2D eigenvalue weighted by Crippen LogP contribution is -2.41. The van der Waals surface area contributed by atoms with Crippen molar-refractivity contribution >= 4 is 33.5 Å². The van der Waals surface area contributed by atoms with E-state index in [4.69, 9.17) is 18.6 Å². The van der Waals surface area contributed by atoms with Gasteiger partial charge in [-0.1, -0.05) is 39.0 Å². The fourth-order valence-corrected chi connectivity index (χ4v) is 7.09. The monoisotopic (exact) mass is 748 g/mol. The van der Waals surface area contributed by atoms with Gasteiger partial charge >= 0.3 is 0 Å². The number of benzene rings is 3. The number of phenols is 1. The predicted octanol–water partition coefficient (Wildman–Crippen LogP) is 5.12. The fraction of sp³-hybridized carbons (Fsp3) is 0.425. The van der Waals surface area contributed by atoms with Crippen LogP contribution in [0.15, 0.2) is 63.6 Å². The number of aliphatic hydroxyl groups excluding tert-OH is 4. The summed E-state index contributed by atoms with van der Waals surface area (Å²) in [6, 6.07) is 3.61. The normalized spacial score (nSPS) is 31.9. The minimum absolute atomic E-state index is 0.0179. The summed E-state index contributed by atoms with van der Waals surface area (Å²) in [7, 11) is 1.44. The molecule has 4 bridgehead atoms. The lowest BCUT2D eigenvalue weighted by atomic mass is 9.83. The molecule has 6 N–H and O–H groups in total. The molecule has 1 aliphatic carbocycles. The van der Waals surface area contributed by atoms with Gasteiger partial charge in [-0.3, -0.25) is 9.59 Å². The second-order valence-corrected chi connectivity index (χ2v) is 14.5. The van der Waals surface area contributed by atoms with Gasteiger partial charge in [-0.2, -0.15) is 0 Å². The maximum atomic E-state index is 14.4. The Kier molecular flexibility index (Phi) is 10.6. The SMILES string of the molecule is CO[C@H]1/C=C/O[C@@]2(C)Oc3c(C)c(O)c4c(=O)c(c5oc6cc(F)ccc6nc-5c4c3C2O)NC(=O)/C(C)=C\C=C\[C@H](C)[C@H](O)C[C@@H](O)[C@@H](C)[C@H](O)[C@@H]1C. The molecule has 0 aromatic heterocycles. The quantitative estimate of drug-likeness (QED) is 0.111. The second kappa shape index (κ2) is 14.8. The third-order valence-corrected chi connectivity index (χ3v) is 10.8. The van der Waals surface area contributed by atoms with Crippen LogP contribution >= 0.6 is 0 Å². The molecule has 13 nitrogen and oxygen atoms in total. The van der Waals surface area contributed by atoms with E-state index in [1.807, 2.05) is 0 Å². The number of methoxy groups -OCH3 is 1. The molecule has 14 heteroatoms. The van der Waals surface area contributed by atoms with Crippen LogP contribution in [0.1, 0.15) is 58.3 Å². The van der Waals surface area contributed by atoms with Crippen molar-refractivity contribution < 1.29 is 53.3 Å². The first-order valence-corrected chi connectivity index (χ1v) is 17.7. The smallest absolute Gasteiger partial charge is 0.277 e. The van der Waals surface area contributed by atoms with Crippen molar-refractivity contribution in [3.8, 4) is 23.0 Å². The van der Waals surface area contributed by atoms with Crippen LogP contribution in [-0.4, -0.2) is 73.7 Å². The van der Waals surface area contributed by atoms with Crippen molar-refractivity contribution in [1.29, 1.82) is 0 Å². The Morgan fingerprint density at radius 3 is 2.44 bits per heavy atom. The number of phenolic OH excluding ortho intramolecular Hbond substituents is 1. The number of carbonyl (C=O) groups excluding carboxylic acids is 1. The number of nitrogens with zero attached hydrogens (tertiary/aromatic N) is 1. The van der Waals surface area contributed by atoms with Crippen LogP contribution in [-0.2, 0) is 14.3 Å². The molecule has 3 aliphatic heterocycles. The van der Waals surface area contributed by atoms with Crippen LogP contribution in [0, 0.1) is 30.5 Å². The molecule has 0 saturated heterocycles. The van der Waals surface area contributed by atoms with E-state index in [-0.39, 0.29) is 67.9 Å². The molecule has 4 aliphatic rings. The zero-order valence-corrected chi connectivity index (χ0v) is 31.0. The number of anilines is 1. The molecule has 288 valence electrons. The van der Waals surface area contributed by atoms with Gasteiger partial charge in [0.05, 0.1) is 36.1 Å². The van der Waals surface area contributed by atoms with Gasteiger partial charge in [0.15, 0.2) is 17.4 Å². The van der Waals surface area contributed by atoms with Crippen molar-refractivity contribution in [3.63, 3.8) is 0 Å². The molecule has 2 aromatic rings.